The SMILES string of the molecule is C=c1cccc/c1=C(/N)c1ccc(-c2cccc3ccccc23)cc1. The monoisotopic (exact) mass is 321 g/mol. The van der Waals surface area contributed by atoms with E-state index in [-0.39, 0.29) is 0 Å². The van der Waals surface area contributed by atoms with Crippen LogP contribution in [-0.2, 0) is 0 Å². The Balaban J connectivity index is 1.82. The van der Waals surface area contributed by atoms with Gasteiger partial charge in [-0.2, -0.15) is 0 Å². The molecule has 0 radical (unpaired) electrons. The molecule has 1 nitrogen and oxygen atoms in total. The first kappa shape index (κ1) is 15.2. The van der Waals surface area contributed by atoms with Gasteiger partial charge >= 0.3 is 0 Å². The van der Waals surface area contributed by atoms with Gasteiger partial charge in [0.25, 0.3) is 0 Å². The molecule has 120 valence electrons. The predicted molar refractivity (Wildman–Crippen MR) is 107 cm³/mol. The highest BCUT2D eigenvalue weighted by Gasteiger charge is 2.04. The molecule has 0 spiro atoms. The fourth-order valence-corrected chi connectivity index (χ4v) is 3.25. The summed E-state index contributed by atoms with van der Waals surface area (Å²) in [6, 6.07) is 31.3. The summed E-state index contributed by atoms with van der Waals surface area (Å²) in [5.41, 5.74) is 10.6. The van der Waals surface area contributed by atoms with Gasteiger partial charge in [0.15, 0.2) is 0 Å². The summed E-state index contributed by atoms with van der Waals surface area (Å²) in [7, 11) is 0. The fourth-order valence-electron chi connectivity index (χ4n) is 3.25. The second-order valence-corrected chi connectivity index (χ2v) is 6.17. The third kappa shape index (κ3) is 2.81. The van der Waals surface area contributed by atoms with Crippen LogP contribution in [0, 0.1) is 0 Å². The van der Waals surface area contributed by atoms with E-state index < -0.39 is 0 Å². The average Bonchev–Trinajstić information content (AvgIpc) is 2.67. The Hall–Kier alpha value is -3.32. The molecule has 2 N–H and O–H groups in total. The van der Waals surface area contributed by atoms with Gasteiger partial charge in [0, 0.05) is 10.9 Å². The van der Waals surface area contributed by atoms with Crippen LogP contribution in [0.1, 0.15) is 5.56 Å². The number of hydrogen-bond acceptors (Lipinski definition) is 1. The molecule has 0 saturated heterocycles. The highest BCUT2D eigenvalue weighted by Crippen LogP contribution is 2.28. The smallest absolute Gasteiger partial charge is 0.0467 e. The van der Waals surface area contributed by atoms with Crippen LogP contribution in [0.2, 0.25) is 0 Å². The number of nitrogens with two attached hydrogens (primary N) is 1. The lowest BCUT2D eigenvalue weighted by Crippen LogP contribution is -2.28. The first-order valence-electron chi connectivity index (χ1n) is 8.36. The van der Waals surface area contributed by atoms with Crippen LogP contribution in [-0.4, -0.2) is 0 Å². The maximum Gasteiger partial charge on any atom is 0.0467 e. The Morgan fingerprint density at radius 1 is 0.680 bits per heavy atom. The van der Waals surface area contributed by atoms with Crippen molar-refractivity contribution in [2.75, 3.05) is 0 Å². The molecule has 4 aromatic carbocycles. The second kappa shape index (κ2) is 6.29. The van der Waals surface area contributed by atoms with Crippen molar-refractivity contribution in [3.63, 3.8) is 0 Å². The van der Waals surface area contributed by atoms with Crippen molar-refractivity contribution in [3.05, 3.63) is 107 Å². The molecule has 0 atom stereocenters. The van der Waals surface area contributed by atoms with Crippen LogP contribution in [0.3, 0.4) is 0 Å². The molecule has 0 amide bonds. The molecule has 4 rings (SSSR count). The quantitative estimate of drug-likeness (QED) is 0.592. The molecule has 0 heterocycles. The van der Waals surface area contributed by atoms with Crippen molar-refractivity contribution < 1.29 is 0 Å². The van der Waals surface area contributed by atoms with Crippen LogP contribution in [0.4, 0.5) is 0 Å². The topological polar surface area (TPSA) is 26.0 Å². The van der Waals surface area contributed by atoms with Crippen molar-refractivity contribution >= 4 is 23.0 Å². The summed E-state index contributed by atoms with van der Waals surface area (Å²) < 4.78 is 0. The molecule has 0 bridgehead atoms. The maximum absolute atomic E-state index is 6.37. The van der Waals surface area contributed by atoms with E-state index in [4.69, 9.17) is 5.73 Å². The lowest BCUT2D eigenvalue weighted by atomic mass is 9.97. The number of benzene rings is 4. The minimum Gasteiger partial charge on any atom is -0.398 e. The van der Waals surface area contributed by atoms with Gasteiger partial charge in [-0.05, 0) is 32.7 Å². The maximum atomic E-state index is 6.37. The fraction of sp³-hybridized carbons (Fsp3) is 0. The van der Waals surface area contributed by atoms with E-state index in [1.807, 2.05) is 24.3 Å². The van der Waals surface area contributed by atoms with Crippen LogP contribution in [0.15, 0.2) is 91.0 Å². The Morgan fingerprint density at radius 3 is 2.16 bits per heavy atom. The zero-order chi connectivity index (χ0) is 17.2. The molecular weight excluding hydrogens is 302 g/mol. The van der Waals surface area contributed by atoms with Gasteiger partial charge in [-0.3, -0.25) is 0 Å². The molecule has 0 fully saturated rings. The van der Waals surface area contributed by atoms with E-state index in [0.717, 1.165) is 21.7 Å². The first-order valence-corrected chi connectivity index (χ1v) is 8.36. The van der Waals surface area contributed by atoms with Crippen molar-refractivity contribution in [1.29, 1.82) is 0 Å². The third-order valence-electron chi connectivity index (χ3n) is 4.60. The molecule has 0 aromatic heterocycles. The normalized spacial score (nSPS) is 12.2. The highest BCUT2D eigenvalue weighted by molar-refractivity contribution is 5.96. The van der Waals surface area contributed by atoms with Gasteiger partial charge in [0.2, 0.25) is 0 Å². The summed E-state index contributed by atoms with van der Waals surface area (Å²) in [4.78, 5) is 0. The van der Waals surface area contributed by atoms with Crippen LogP contribution >= 0.6 is 0 Å². The summed E-state index contributed by atoms with van der Waals surface area (Å²) in [5.74, 6) is 0. The van der Waals surface area contributed by atoms with Gasteiger partial charge in [-0.15, -0.1) is 0 Å². The molecule has 0 aliphatic carbocycles. The molecule has 0 unspecified atom stereocenters. The lowest BCUT2D eigenvalue weighted by molar-refractivity contribution is 1.41. The third-order valence-corrected chi connectivity index (χ3v) is 4.60. The van der Waals surface area contributed by atoms with Gasteiger partial charge < -0.3 is 5.73 Å². The lowest BCUT2D eigenvalue weighted by Gasteiger charge is -2.08. The van der Waals surface area contributed by atoms with Crippen LogP contribution < -0.4 is 16.2 Å². The van der Waals surface area contributed by atoms with Crippen molar-refractivity contribution in [2.24, 2.45) is 5.73 Å². The van der Waals surface area contributed by atoms with E-state index in [1.54, 1.807) is 0 Å². The summed E-state index contributed by atoms with van der Waals surface area (Å²) >= 11 is 0. The minimum atomic E-state index is 0.759. The molecule has 25 heavy (non-hydrogen) atoms. The Kier molecular flexibility index (Phi) is 3.83. The van der Waals surface area contributed by atoms with Crippen molar-refractivity contribution in [1.82, 2.24) is 0 Å². The van der Waals surface area contributed by atoms with E-state index in [0.29, 0.717) is 0 Å². The minimum absolute atomic E-state index is 0.759. The number of fused-ring (bicyclic) bond motifs is 1. The van der Waals surface area contributed by atoms with E-state index in [9.17, 15) is 0 Å². The molecular formula is C24H19N. The van der Waals surface area contributed by atoms with Gasteiger partial charge in [0.05, 0.1) is 0 Å². The van der Waals surface area contributed by atoms with Crippen molar-refractivity contribution in [2.45, 2.75) is 0 Å². The zero-order valence-corrected chi connectivity index (χ0v) is 13.9. The average molecular weight is 321 g/mol. The molecule has 0 aliphatic heterocycles. The van der Waals surface area contributed by atoms with E-state index in [2.05, 4.69) is 73.3 Å². The second-order valence-electron chi connectivity index (χ2n) is 6.17. The Bertz CT molecular complexity index is 1150. The molecule has 4 aromatic rings. The summed E-state index contributed by atoms with van der Waals surface area (Å²) in [6.45, 7) is 4.07. The molecule has 1 heteroatoms. The van der Waals surface area contributed by atoms with Gasteiger partial charge in [-0.1, -0.05) is 97.6 Å². The van der Waals surface area contributed by atoms with Gasteiger partial charge in [0.1, 0.15) is 0 Å². The first-order chi connectivity index (χ1) is 12.2. The zero-order valence-electron chi connectivity index (χ0n) is 13.9. The predicted octanol–water partition coefficient (Wildman–Crippen LogP) is 4.03. The highest BCUT2D eigenvalue weighted by atomic mass is 14.6. The van der Waals surface area contributed by atoms with E-state index in [1.165, 1.54) is 21.9 Å². The Morgan fingerprint density at radius 2 is 1.36 bits per heavy atom. The number of hydrogen-bond donors (Lipinski definition) is 1. The summed E-state index contributed by atoms with van der Waals surface area (Å²) in [6.07, 6.45) is 0. The van der Waals surface area contributed by atoms with Crippen LogP contribution in [0.25, 0.3) is 34.2 Å². The molecule has 0 aliphatic rings. The standard InChI is InChI=1S/C24H19N/c1-17-7-2-4-10-21(17)24(25)20-15-13-19(14-16-20)23-12-6-9-18-8-3-5-11-22(18)23/h2-16H,1,25H2/b24-21-. The van der Waals surface area contributed by atoms with Gasteiger partial charge in [-0.25, -0.2) is 0 Å². The Labute approximate surface area is 147 Å². The largest absolute Gasteiger partial charge is 0.398 e. The van der Waals surface area contributed by atoms with E-state index >= 15 is 0 Å². The van der Waals surface area contributed by atoms with Crippen molar-refractivity contribution in [3.8, 4) is 11.1 Å². The summed E-state index contributed by atoms with van der Waals surface area (Å²) in [5, 5.41) is 4.44. The molecule has 0 saturated carbocycles. The number of rotatable bonds is 2. The van der Waals surface area contributed by atoms with Crippen LogP contribution in [0.5, 0.6) is 0 Å².